The molecule has 0 unspecified atom stereocenters. The van der Waals surface area contributed by atoms with Crippen molar-refractivity contribution in [3.8, 4) is 0 Å². The summed E-state index contributed by atoms with van der Waals surface area (Å²) in [4.78, 5) is 26.0. The highest BCUT2D eigenvalue weighted by Gasteiger charge is 2.19. The molecule has 1 aliphatic rings. The van der Waals surface area contributed by atoms with Gasteiger partial charge < -0.3 is 16.0 Å². The van der Waals surface area contributed by atoms with Crippen molar-refractivity contribution < 1.29 is 9.59 Å². The van der Waals surface area contributed by atoms with Gasteiger partial charge in [0, 0.05) is 37.3 Å². The third-order valence-corrected chi connectivity index (χ3v) is 4.48. The van der Waals surface area contributed by atoms with Gasteiger partial charge in [0.15, 0.2) is 0 Å². The summed E-state index contributed by atoms with van der Waals surface area (Å²) in [6, 6.07) is 15.1. The molecule has 5 heteroatoms. The third kappa shape index (κ3) is 4.25. The molecule has 5 nitrogen and oxygen atoms in total. The summed E-state index contributed by atoms with van der Waals surface area (Å²) >= 11 is 0. The Labute approximate surface area is 147 Å². The number of amides is 2. The molecule has 1 saturated heterocycles. The van der Waals surface area contributed by atoms with Gasteiger partial charge in [0.05, 0.1) is 0 Å². The minimum Gasteiger partial charge on any atom is -0.348 e. The zero-order valence-corrected chi connectivity index (χ0v) is 14.2. The first-order chi connectivity index (χ1) is 12.2. The third-order valence-electron chi connectivity index (χ3n) is 4.48. The van der Waals surface area contributed by atoms with Gasteiger partial charge in [-0.25, -0.2) is 0 Å². The molecule has 1 heterocycles. The van der Waals surface area contributed by atoms with Crippen LogP contribution in [0, 0.1) is 0 Å². The Morgan fingerprint density at radius 2 is 1.68 bits per heavy atom. The van der Waals surface area contributed by atoms with E-state index in [0.717, 1.165) is 36.2 Å². The van der Waals surface area contributed by atoms with Gasteiger partial charge in [-0.05, 0) is 48.2 Å². The summed E-state index contributed by atoms with van der Waals surface area (Å²) in [5.41, 5.74) is 9.11. The van der Waals surface area contributed by atoms with E-state index in [9.17, 15) is 9.59 Å². The predicted molar refractivity (Wildman–Crippen MR) is 98.1 cm³/mol. The van der Waals surface area contributed by atoms with Crippen LogP contribution in [-0.4, -0.2) is 18.4 Å². The highest BCUT2D eigenvalue weighted by molar-refractivity contribution is 5.94. The van der Waals surface area contributed by atoms with Gasteiger partial charge in [-0.1, -0.05) is 24.3 Å². The quantitative estimate of drug-likeness (QED) is 0.880. The van der Waals surface area contributed by atoms with Crippen molar-refractivity contribution in [2.75, 3.05) is 11.4 Å². The zero-order valence-electron chi connectivity index (χ0n) is 14.2. The molecule has 2 aromatic rings. The topological polar surface area (TPSA) is 75.4 Å². The number of nitrogens with two attached hydrogens (primary N) is 1. The Kier molecular flexibility index (Phi) is 5.46. The lowest BCUT2D eigenvalue weighted by atomic mass is 10.1. The molecular formula is C20H23N3O2. The monoisotopic (exact) mass is 337 g/mol. The molecule has 3 N–H and O–H groups in total. The first-order valence-corrected chi connectivity index (χ1v) is 8.64. The molecule has 2 aromatic carbocycles. The minimum absolute atomic E-state index is 0.112. The highest BCUT2D eigenvalue weighted by Crippen LogP contribution is 2.21. The van der Waals surface area contributed by atoms with Crippen molar-refractivity contribution in [2.24, 2.45) is 5.73 Å². The Hall–Kier alpha value is -2.66. The molecule has 0 aromatic heterocycles. The van der Waals surface area contributed by atoms with Gasteiger partial charge >= 0.3 is 0 Å². The van der Waals surface area contributed by atoms with Crippen LogP contribution in [0.15, 0.2) is 48.5 Å². The summed E-state index contributed by atoms with van der Waals surface area (Å²) < 4.78 is 0. The Balaban J connectivity index is 1.57. The van der Waals surface area contributed by atoms with E-state index < -0.39 is 0 Å². The van der Waals surface area contributed by atoms with E-state index in [-0.39, 0.29) is 11.8 Å². The number of hydrogen-bond donors (Lipinski definition) is 2. The maximum atomic E-state index is 12.2. The van der Waals surface area contributed by atoms with E-state index in [1.807, 2.05) is 41.3 Å². The fourth-order valence-electron chi connectivity index (χ4n) is 2.95. The molecule has 130 valence electrons. The number of carbonyl (C=O) groups is 2. The first-order valence-electron chi connectivity index (χ1n) is 8.64. The highest BCUT2D eigenvalue weighted by atomic mass is 16.2. The van der Waals surface area contributed by atoms with Crippen LogP contribution in [0.2, 0.25) is 0 Å². The van der Waals surface area contributed by atoms with Crippen molar-refractivity contribution in [3.63, 3.8) is 0 Å². The van der Waals surface area contributed by atoms with Crippen LogP contribution < -0.4 is 16.0 Å². The van der Waals surface area contributed by atoms with Crippen LogP contribution in [0.25, 0.3) is 0 Å². The second-order valence-corrected chi connectivity index (χ2v) is 6.25. The van der Waals surface area contributed by atoms with E-state index in [4.69, 9.17) is 5.73 Å². The summed E-state index contributed by atoms with van der Waals surface area (Å²) in [5, 5.41) is 2.91. The molecule has 25 heavy (non-hydrogen) atoms. The average molecular weight is 337 g/mol. The van der Waals surface area contributed by atoms with Crippen LogP contribution in [0.5, 0.6) is 0 Å². The lowest BCUT2D eigenvalue weighted by Gasteiger charge is -2.26. The molecule has 0 aliphatic carbocycles. The molecule has 0 saturated carbocycles. The van der Waals surface area contributed by atoms with Gasteiger partial charge in [0.25, 0.3) is 5.91 Å². The van der Waals surface area contributed by atoms with Crippen LogP contribution in [-0.2, 0) is 17.9 Å². The normalized spacial score (nSPS) is 14.4. The van der Waals surface area contributed by atoms with Gasteiger partial charge in [-0.15, -0.1) is 0 Å². The van der Waals surface area contributed by atoms with E-state index in [0.29, 0.717) is 25.1 Å². The van der Waals surface area contributed by atoms with Crippen LogP contribution in [0.1, 0.15) is 40.7 Å². The van der Waals surface area contributed by atoms with Crippen LogP contribution in [0.3, 0.4) is 0 Å². The molecule has 1 fully saturated rings. The standard InChI is InChI=1S/C20H23N3O2/c21-13-15-4-8-17(9-5-15)20(25)22-14-16-6-10-18(11-7-16)23-12-2-1-3-19(23)24/h4-11H,1-3,12-14,21H2,(H,22,25). The fourth-order valence-corrected chi connectivity index (χ4v) is 2.95. The number of piperidine rings is 1. The molecular weight excluding hydrogens is 314 g/mol. The Morgan fingerprint density at radius 1 is 1.00 bits per heavy atom. The summed E-state index contributed by atoms with van der Waals surface area (Å²) in [7, 11) is 0. The van der Waals surface area contributed by atoms with E-state index in [1.165, 1.54) is 0 Å². The lowest BCUT2D eigenvalue weighted by molar-refractivity contribution is -0.119. The summed E-state index contributed by atoms with van der Waals surface area (Å²) in [6.07, 6.45) is 2.65. The summed E-state index contributed by atoms with van der Waals surface area (Å²) in [6.45, 7) is 1.70. The molecule has 0 atom stereocenters. The fraction of sp³-hybridized carbons (Fsp3) is 0.300. The number of nitrogens with zero attached hydrogens (tertiary/aromatic N) is 1. The van der Waals surface area contributed by atoms with Gasteiger partial charge in [-0.3, -0.25) is 9.59 Å². The number of anilines is 1. The van der Waals surface area contributed by atoms with Gasteiger partial charge in [-0.2, -0.15) is 0 Å². The SMILES string of the molecule is NCc1ccc(C(=O)NCc2ccc(N3CCCCC3=O)cc2)cc1. The minimum atomic E-state index is -0.112. The molecule has 0 radical (unpaired) electrons. The van der Waals surface area contributed by atoms with Crippen LogP contribution >= 0.6 is 0 Å². The number of hydrogen-bond acceptors (Lipinski definition) is 3. The van der Waals surface area contributed by atoms with Crippen molar-refractivity contribution in [3.05, 3.63) is 65.2 Å². The van der Waals surface area contributed by atoms with Crippen molar-refractivity contribution >= 4 is 17.5 Å². The molecule has 0 spiro atoms. The van der Waals surface area contributed by atoms with Gasteiger partial charge in [0.2, 0.25) is 5.91 Å². The number of nitrogens with one attached hydrogen (secondary N) is 1. The average Bonchev–Trinajstić information content (AvgIpc) is 2.67. The van der Waals surface area contributed by atoms with E-state index in [1.54, 1.807) is 12.1 Å². The molecule has 2 amide bonds. The second-order valence-electron chi connectivity index (χ2n) is 6.25. The predicted octanol–water partition coefficient (Wildman–Crippen LogP) is 2.59. The largest absolute Gasteiger partial charge is 0.348 e. The van der Waals surface area contributed by atoms with E-state index >= 15 is 0 Å². The van der Waals surface area contributed by atoms with Crippen LogP contribution in [0.4, 0.5) is 5.69 Å². The van der Waals surface area contributed by atoms with Crippen molar-refractivity contribution in [2.45, 2.75) is 32.4 Å². The maximum Gasteiger partial charge on any atom is 0.251 e. The van der Waals surface area contributed by atoms with E-state index in [2.05, 4.69) is 5.32 Å². The Bertz CT molecular complexity index is 739. The maximum absolute atomic E-state index is 12.2. The zero-order chi connectivity index (χ0) is 17.6. The molecule has 3 rings (SSSR count). The first kappa shape index (κ1) is 17.2. The van der Waals surface area contributed by atoms with Crippen molar-refractivity contribution in [1.29, 1.82) is 0 Å². The number of rotatable bonds is 5. The Morgan fingerprint density at radius 3 is 2.32 bits per heavy atom. The lowest BCUT2D eigenvalue weighted by Crippen LogP contribution is -2.35. The smallest absolute Gasteiger partial charge is 0.251 e. The molecule has 0 bridgehead atoms. The van der Waals surface area contributed by atoms with Crippen molar-refractivity contribution in [1.82, 2.24) is 5.32 Å². The summed E-state index contributed by atoms with van der Waals surface area (Å²) in [5.74, 6) is 0.0760. The number of benzene rings is 2. The molecule has 1 aliphatic heterocycles. The van der Waals surface area contributed by atoms with Gasteiger partial charge in [0.1, 0.15) is 0 Å². The number of carbonyl (C=O) groups excluding carboxylic acids is 2. The second kappa shape index (κ2) is 7.94.